The fraction of sp³-hybridized carbons (Fsp3) is 0.391. The minimum Gasteiger partial charge on any atom is -0.340 e. The first-order valence-corrected chi connectivity index (χ1v) is 9.93. The molecule has 0 bridgehead atoms. The van der Waals surface area contributed by atoms with Crippen LogP contribution >= 0.6 is 0 Å². The molecule has 0 atom stereocenters. The second-order valence-electron chi connectivity index (χ2n) is 7.46. The van der Waals surface area contributed by atoms with Gasteiger partial charge in [-0.05, 0) is 31.5 Å². The van der Waals surface area contributed by atoms with Gasteiger partial charge in [0, 0.05) is 51.3 Å². The van der Waals surface area contributed by atoms with Crippen molar-refractivity contribution >= 4 is 11.8 Å². The third-order valence-electron chi connectivity index (χ3n) is 5.15. The van der Waals surface area contributed by atoms with Crippen LogP contribution in [0.4, 0.5) is 0 Å². The van der Waals surface area contributed by atoms with Crippen molar-refractivity contribution in [2.75, 3.05) is 32.7 Å². The van der Waals surface area contributed by atoms with E-state index in [1.54, 1.807) is 4.90 Å². The van der Waals surface area contributed by atoms with Crippen molar-refractivity contribution in [3.8, 4) is 0 Å². The molecule has 0 aromatic heterocycles. The topological polar surface area (TPSA) is 52.7 Å². The zero-order valence-electron chi connectivity index (χ0n) is 16.8. The van der Waals surface area contributed by atoms with Gasteiger partial charge >= 0.3 is 0 Å². The van der Waals surface area contributed by atoms with Crippen molar-refractivity contribution in [1.29, 1.82) is 0 Å². The van der Waals surface area contributed by atoms with Gasteiger partial charge in [0.15, 0.2) is 0 Å². The van der Waals surface area contributed by atoms with Crippen LogP contribution in [0.2, 0.25) is 0 Å². The Bertz CT molecular complexity index is 794. The van der Waals surface area contributed by atoms with E-state index in [9.17, 15) is 9.59 Å². The van der Waals surface area contributed by atoms with Gasteiger partial charge in [-0.1, -0.05) is 47.5 Å². The number of hydrogen-bond donors (Lipinski definition) is 1. The van der Waals surface area contributed by atoms with Crippen molar-refractivity contribution in [2.24, 2.45) is 0 Å². The minimum atomic E-state index is -0.0336. The summed E-state index contributed by atoms with van der Waals surface area (Å²) in [5.41, 5.74) is 4.04. The Labute approximate surface area is 167 Å². The lowest BCUT2D eigenvalue weighted by atomic mass is 10.1. The molecule has 1 fully saturated rings. The van der Waals surface area contributed by atoms with E-state index in [0.29, 0.717) is 25.1 Å². The summed E-state index contributed by atoms with van der Waals surface area (Å²) in [7, 11) is 0. The highest BCUT2D eigenvalue weighted by molar-refractivity contribution is 5.94. The first-order valence-electron chi connectivity index (χ1n) is 9.93. The van der Waals surface area contributed by atoms with E-state index < -0.39 is 0 Å². The van der Waals surface area contributed by atoms with Crippen LogP contribution < -0.4 is 5.32 Å². The van der Waals surface area contributed by atoms with Gasteiger partial charge in [-0.2, -0.15) is 0 Å². The molecule has 5 heteroatoms. The van der Waals surface area contributed by atoms with Crippen molar-refractivity contribution in [2.45, 2.75) is 26.8 Å². The van der Waals surface area contributed by atoms with Crippen LogP contribution in [0.15, 0.2) is 48.5 Å². The van der Waals surface area contributed by atoms with Gasteiger partial charge in [0.2, 0.25) is 5.91 Å². The zero-order chi connectivity index (χ0) is 19.9. The second kappa shape index (κ2) is 9.51. The normalized spacial score (nSPS) is 14.0. The maximum absolute atomic E-state index is 13.1. The van der Waals surface area contributed by atoms with E-state index in [0.717, 1.165) is 37.3 Å². The standard InChI is InChI=1S/C23H29N3O2/c1-18-3-7-20(8-4-18)17-26(23(28)21-9-5-19(2)6-10-21)14-11-22(27)25-15-12-24-13-16-25/h3-10,24H,11-17H2,1-2H3. The Balaban J connectivity index is 1.71. The molecule has 148 valence electrons. The number of nitrogens with zero attached hydrogens (tertiary/aromatic N) is 2. The van der Waals surface area contributed by atoms with Crippen molar-refractivity contribution in [1.82, 2.24) is 15.1 Å². The second-order valence-corrected chi connectivity index (χ2v) is 7.46. The molecule has 3 rings (SSSR count). The number of rotatable bonds is 6. The van der Waals surface area contributed by atoms with E-state index in [1.807, 2.05) is 55.1 Å². The van der Waals surface area contributed by atoms with Gasteiger partial charge in [-0.15, -0.1) is 0 Å². The number of carbonyl (C=O) groups is 2. The molecule has 1 aliphatic rings. The van der Waals surface area contributed by atoms with Gasteiger partial charge < -0.3 is 15.1 Å². The number of hydrogen-bond acceptors (Lipinski definition) is 3. The summed E-state index contributed by atoms with van der Waals surface area (Å²) in [6.07, 6.45) is 0.351. The average Bonchev–Trinajstić information content (AvgIpc) is 2.73. The summed E-state index contributed by atoms with van der Waals surface area (Å²) in [4.78, 5) is 29.3. The zero-order valence-corrected chi connectivity index (χ0v) is 16.8. The van der Waals surface area contributed by atoms with E-state index >= 15 is 0 Å². The summed E-state index contributed by atoms with van der Waals surface area (Å²) < 4.78 is 0. The SMILES string of the molecule is Cc1ccc(CN(CCC(=O)N2CCNCC2)C(=O)c2ccc(C)cc2)cc1. The van der Waals surface area contributed by atoms with Crippen LogP contribution in [-0.2, 0) is 11.3 Å². The number of carbonyl (C=O) groups excluding carboxylic acids is 2. The average molecular weight is 380 g/mol. The number of amides is 2. The monoisotopic (exact) mass is 379 g/mol. The maximum atomic E-state index is 13.1. The highest BCUT2D eigenvalue weighted by atomic mass is 16.2. The molecule has 0 saturated carbocycles. The number of aryl methyl sites for hydroxylation is 2. The summed E-state index contributed by atoms with van der Waals surface area (Å²) in [6.45, 7) is 8.12. The lowest BCUT2D eigenvalue weighted by molar-refractivity contribution is -0.132. The molecule has 1 heterocycles. The fourth-order valence-corrected chi connectivity index (χ4v) is 3.35. The molecule has 2 aromatic carbocycles. The van der Waals surface area contributed by atoms with E-state index in [2.05, 4.69) is 17.4 Å². The smallest absolute Gasteiger partial charge is 0.254 e. The molecule has 28 heavy (non-hydrogen) atoms. The van der Waals surface area contributed by atoms with Crippen molar-refractivity contribution < 1.29 is 9.59 Å². The summed E-state index contributed by atoms with van der Waals surface area (Å²) in [6, 6.07) is 15.8. The van der Waals surface area contributed by atoms with Crippen LogP contribution in [0, 0.1) is 13.8 Å². The van der Waals surface area contributed by atoms with Gasteiger partial charge in [0.25, 0.3) is 5.91 Å². The van der Waals surface area contributed by atoms with Crippen molar-refractivity contribution in [3.05, 3.63) is 70.8 Å². The number of nitrogens with one attached hydrogen (secondary N) is 1. The molecule has 2 amide bonds. The van der Waals surface area contributed by atoms with E-state index in [1.165, 1.54) is 5.56 Å². The predicted octanol–water partition coefficient (Wildman–Crippen LogP) is 2.77. The van der Waals surface area contributed by atoms with E-state index in [-0.39, 0.29) is 11.8 Å². The molecular formula is C23H29N3O2. The molecule has 0 aliphatic carbocycles. The number of benzene rings is 2. The molecule has 0 unspecified atom stereocenters. The van der Waals surface area contributed by atoms with Crippen LogP contribution in [0.3, 0.4) is 0 Å². The summed E-state index contributed by atoms with van der Waals surface area (Å²) in [5, 5.41) is 3.26. The van der Waals surface area contributed by atoms with Gasteiger partial charge in [-0.3, -0.25) is 9.59 Å². The summed E-state index contributed by atoms with van der Waals surface area (Å²) >= 11 is 0. The summed E-state index contributed by atoms with van der Waals surface area (Å²) in [5.74, 6) is 0.0841. The van der Waals surface area contributed by atoms with Crippen molar-refractivity contribution in [3.63, 3.8) is 0 Å². The Hall–Kier alpha value is -2.66. The maximum Gasteiger partial charge on any atom is 0.254 e. The fourth-order valence-electron chi connectivity index (χ4n) is 3.35. The molecule has 1 aliphatic heterocycles. The molecule has 5 nitrogen and oxygen atoms in total. The van der Waals surface area contributed by atoms with Gasteiger partial charge in [0.1, 0.15) is 0 Å². The van der Waals surface area contributed by atoms with E-state index in [4.69, 9.17) is 0 Å². The molecule has 0 spiro atoms. The molecule has 1 saturated heterocycles. The minimum absolute atomic E-state index is 0.0336. The Kier molecular flexibility index (Phi) is 6.82. The highest BCUT2D eigenvalue weighted by Gasteiger charge is 2.20. The molecular weight excluding hydrogens is 350 g/mol. The molecule has 1 N–H and O–H groups in total. The largest absolute Gasteiger partial charge is 0.340 e. The predicted molar refractivity (Wildman–Crippen MR) is 111 cm³/mol. The molecule has 0 radical (unpaired) electrons. The van der Waals surface area contributed by atoms with Crippen LogP contribution in [-0.4, -0.2) is 54.3 Å². The van der Waals surface area contributed by atoms with Gasteiger partial charge in [0.05, 0.1) is 0 Å². The first-order chi connectivity index (χ1) is 13.5. The Morgan fingerprint density at radius 3 is 2.11 bits per heavy atom. The lowest BCUT2D eigenvalue weighted by Crippen LogP contribution is -2.47. The number of piperazine rings is 1. The molecule has 2 aromatic rings. The van der Waals surface area contributed by atoms with Crippen LogP contribution in [0.5, 0.6) is 0 Å². The lowest BCUT2D eigenvalue weighted by Gasteiger charge is -2.29. The third kappa shape index (κ3) is 5.42. The van der Waals surface area contributed by atoms with Crippen LogP contribution in [0.25, 0.3) is 0 Å². The highest BCUT2D eigenvalue weighted by Crippen LogP contribution is 2.13. The quantitative estimate of drug-likeness (QED) is 0.840. The van der Waals surface area contributed by atoms with Gasteiger partial charge in [-0.25, -0.2) is 0 Å². The first kappa shape index (κ1) is 20.1. The Morgan fingerprint density at radius 2 is 1.50 bits per heavy atom. The van der Waals surface area contributed by atoms with Crippen LogP contribution in [0.1, 0.15) is 33.5 Å². The third-order valence-corrected chi connectivity index (χ3v) is 5.15. The Morgan fingerprint density at radius 1 is 0.929 bits per heavy atom.